The third-order valence-corrected chi connectivity index (χ3v) is 15.0. The number of esters is 1. The molecule has 0 heterocycles. The SMILES string of the molecule is C=C(C)[C@@H]1CC[C@]2(C(=O)O)CC[C@]3(COC(=O)c4ccc(O)c(OC)c4)[C@H](CC[C@@H]4[C@@]5(C)CC[C@H](O)C(C)(C)[C@@H]5CC[C@]43C)[C@@H]12. The highest BCUT2D eigenvalue weighted by Crippen LogP contribution is 2.77. The first kappa shape index (κ1) is 32.4. The monoisotopic (exact) mass is 622 g/mol. The van der Waals surface area contributed by atoms with Crippen LogP contribution in [0.15, 0.2) is 30.4 Å². The average Bonchev–Trinajstić information content (AvgIpc) is 3.40. The molecule has 5 saturated carbocycles. The molecule has 1 aromatic rings. The van der Waals surface area contributed by atoms with Gasteiger partial charge in [-0.2, -0.15) is 0 Å². The standard InChI is InChI=1S/C38H54O7/c1-22(2)24-12-17-37(33(42)43)18-19-38(21-45-32(41)23-8-10-26(39)27(20-23)44-7)25(31(24)37)9-11-29-35(5)15-14-30(40)34(3,4)28(35)13-16-36(29,38)6/h8,10,20,24-25,28-31,39-40H,1,9,11-19,21H2,2-7H3,(H,42,43)/t24-,25+,28-,29+,30-,31+,35-,36+,37-,38-/m0/s1. The molecule has 0 bridgehead atoms. The first-order valence-corrected chi connectivity index (χ1v) is 17.2. The van der Waals surface area contributed by atoms with Crippen molar-refractivity contribution in [2.45, 2.75) is 105 Å². The van der Waals surface area contributed by atoms with E-state index in [1.165, 1.54) is 19.2 Å². The molecule has 6 rings (SSSR count). The summed E-state index contributed by atoms with van der Waals surface area (Å²) in [7, 11) is 1.45. The number of aliphatic hydroxyl groups is 1. The molecule has 5 aliphatic carbocycles. The smallest absolute Gasteiger partial charge is 0.338 e. The number of aliphatic hydroxyl groups excluding tert-OH is 1. The fraction of sp³-hybridized carbons (Fsp3) is 0.737. The second-order valence-corrected chi connectivity index (χ2v) is 16.7. The average molecular weight is 623 g/mol. The van der Waals surface area contributed by atoms with Crippen LogP contribution in [0.25, 0.3) is 0 Å². The highest BCUT2D eigenvalue weighted by Gasteiger charge is 2.73. The highest BCUT2D eigenvalue weighted by molar-refractivity contribution is 5.90. The van der Waals surface area contributed by atoms with E-state index in [0.29, 0.717) is 30.2 Å². The van der Waals surface area contributed by atoms with E-state index < -0.39 is 17.4 Å². The zero-order chi connectivity index (χ0) is 32.7. The van der Waals surface area contributed by atoms with Crippen molar-refractivity contribution < 1.29 is 34.4 Å². The predicted molar refractivity (Wildman–Crippen MR) is 172 cm³/mol. The minimum atomic E-state index is -0.770. The molecule has 5 fully saturated rings. The summed E-state index contributed by atoms with van der Waals surface area (Å²) in [6, 6.07) is 4.53. The molecule has 0 amide bonds. The van der Waals surface area contributed by atoms with Gasteiger partial charge in [-0.15, -0.1) is 0 Å². The summed E-state index contributed by atoms with van der Waals surface area (Å²) >= 11 is 0. The molecular formula is C38H54O7. The second-order valence-electron chi connectivity index (χ2n) is 16.7. The van der Waals surface area contributed by atoms with Gasteiger partial charge in [-0.3, -0.25) is 4.79 Å². The van der Waals surface area contributed by atoms with Crippen molar-refractivity contribution in [1.82, 2.24) is 0 Å². The van der Waals surface area contributed by atoms with Crippen molar-refractivity contribution >= 4 is 11.9 Å². The van der Waals surface area contributed by atoms with Crippen LogP contribution in [-0.2, 0) is 9.53 Å². The molecule has 1 aromatic carbocycles. The molecule has 0 aromatic heterocycles. The Balaban J connectivity index is 1.44. The van der Waals surface area contributed by atoms with Crippen LogP contribution < -0.4 is 4.74 Å². The molecule has 248 valence electrons. The molecular weight excluding hydrogens is 568 g/mol. The number of hydrogen-bond acceptors (Lipinski definition) is 6. The Bertz CT molecular complexity index is 1380. The Morgan fingerprint density at radius 1 is 0.956 bits per heavy atom. The third-order valence-electron chi connectivity index (χ3n) is 15.0. The van der Waals surface area contributed by atoms with E-state index in [1.54, 1.807) is 6.07 Å². The van der Waals surface area contributed by atoms with Crippen LogP contribution in [0.1, 0.15) is 109 Å². The molecule has 10 atom stereocenters. The minimum Gasteiger partial charge on any atom is -0.504 e. The maximum Gasteiger partial charge on any atom is 0.338 e. The summed E-state index contributed by atoms with van der Waals surface area (Å²) in [5.41, 5.74) is -0.0742. The molecule has 7 heteroatoms. The number of fused-ring (bicyclic) bond motifs is 7. The number of aromatic hydroxyl groups is 1. The van der Waals surface area contributed by atoms with Crippen LogP contribution in [0, 0.1) is 56.7 Å². The maximum absolute atomic E-state index is 13.7. The van der Waals surface area contributed by atoms with E-state index in [1.807, 2.05) is 0 Å². The van der Waals surface area contributed by atoms with Crippen molar-refractivity contribution in [3.63, 3.8) is 0 Å². The summed E-state index contributed by atoms with van der Waals surface area (Å²) < 4.78 is 11.6. The number of allylic oxidation sites excluding steroid dienone is 1. The van der Waals surface area contributed by atoms with Gasteiger partial charge in [-0.1, -0.05) is 39.8 Å². The van der Waals surface area contributed by atoms with Gasteiger partial charge in [-0.25, -0.2) is 4.79 Å². The molecule has 0 spiro atoms. The molecule has 7 nitrogen and oxygen atoms in total. The summed E-state index contributed by atoms with van der Waals surface area (Å²) in [5, 5.41) is 32.0. The van der Waals surface area contributed by atoms with E-state index in [9.17, 15) is 24.9 Å². The Kier molecular flexibility index (Phi) is 7.74. The molecule has 45 heavy (non-hydrogen) atoms. The number of rotatable bonds is 6. The molecule has 0 radical (unpaired) electrons. The molecule has 0 aliphatic heterocycles. The summed E-state index contributed by atoms with van der Waals surface area (Å²) in [6.07, 6.45) is 8.21. The van der Waals surface area contributed by atoms with Crippen LogP contribution in [0.5, 0.6) is 11.5 Å². The topological polar surface area (TPSA) is 113 Å². The predicted octanol–water partition coefficient (Wildman–Crippen LogP) is 7.64. The van der Waals surface area contributed by atoms with E-state index in [4.69, 9.17) is 9.47 Å². The summed E-state index contributed by atoms with van der Waals surface area (Å²) in [5.74, 6) is 0.0153. The summed E-state index contributed by atoms with van der Waals surface area (Å²) in [6.45, 7) is 16.1. The number of methoxy groups -OCH3 is 1. The first-order valence-electron chi connectivity index (χ1n) is 17.2. The fourth-order valence-corrected chi connectivity index (χ4v) is 12.7. The van der Waals surface area contributed by atoms with Crippen LogP contribution in [0.2, 0.25) is 0 Å². The minimum absolute atomic E-state index is 0.0345. The summed E-state index contributed by atoms with van der Waals surface area (Å²) in [4.78, 5) is 26.9. The van der Waals surface area contributed by atoms with Crippen LogP contribution >= 0.6 is 0 Å². The Hall–Kier alpha value is -2.54. The Morgan fingerprint density at radius 2 is 1.69 bits per heavy atom. The maximum atomic E-state index is 13.7. The van der Waals surface area contributed by atoms with E-state index in [2.05, 4.69) is 41.2 Å². The largest absolute Gasteiger partial charge is 0.504 e. The van der Waals surface area contributed by atoms with Gasteiger partial charge in [-0.05, 0) is 135 Å². The third kappa shape index (κ3) is 4.38. The molecule has 5 aliphatic rings. The number of carboxylic acid groups (broad SMARTS) is 1. The van der Waals surface area contributed by atoms with Gasteiger partial charge >= 0.3 is 11.9 Å². The van der Waals surface area contributed by atoms with Gasteiger partial charge in [0.2, 0.25) is 0 Å². The number of carbonyl (C=O) groups excluding carboxylic acids is 1. The zero-order valence-corrected chi connectivity index (χ0v) is 28.2. The molecule has 3 N–H and O–H groups in total. The number of ether oxygens (including phenoxy) is 2. The van der Waals surface area contributed by atoms with Gasteiger partial charge in [0, 0.05) is 5.41 Å². The number of phenolic OH excluding ortho intramolecular Hbond substituents is 1. The van der Waals surface area contributed by atoms with Gasteiger partial charge in [0.15, 0.2) is 11.5 Å². The van der Waals surface area contributed by atoms with Gasteiger partial charge in [0.1, 0.15) is 0 Å². The van der Waals surface area contributed by atoms with Crippen molar-refractivity contribution in [3.05, 3.63) is 35.9 Å². The lowest BCUT2D eigenvalue weighted by Gasteiger charge is -2.73. The van der Waals surface area contributed by atoms with Gasteiger partial charge in [0.05, 0.1) is 30.8 Å². The molecule has 0 saturated heterocycles. The van der Waals surface area contributed by atoms with Gasteiger partial charge < -0.3 is 24.8 Å². The van der Waals surface area contributed by atoms with Crippen LogP contribution in [0.4, 0.5) is 0 Å². The lowest BCUT2D eigenvalue weighted by molar-refractivity contribution is -0.261. The second kappa shape index (κ2) is 10.7. The van der Waals surface area contributed by atoms with Crippen molar-refractivity contribution in [2.75, 3.05) is 13.7 Å². The highest BCUT2D eigenvalue weighted by atomic mass is 16.5. The van der Waals surface area contributed by atoms with Crippen molar-refractivity contribution in [1.29, 1.82) is 0 Å². The lowest BCUT2D eigenvalue weighted by Crippen LogP contribution is -2.69. The molecule has 0 unspecified atom stereocenters. The zero-order valence-electron chi connectivity index (χ0n) is 28.2. The number of carboxylic acids is 1. The van der Waals surface area contributed by atoms with Gasteiger partial charge in [0.25, 0.3) is 0 Å². The Morgan fingerprint density at radius 3 is 2.36 bits per heavy atom. The quantitative estimate of drug-likeness (QED) is 0.221. The van der Waals surface area contributed by atoms with Crippen molar-refractivity contribution in [2.24, 2.45) is 56.7 Å². The number of carbonyl (C=O) groups is 2. The van der Waals surface area contributed by atoms with Crippen LogP contribution in [0.3, 0.4) is 0 Å². The fourth-order valence-electron chi connectivity index (χ4n) is 12.7. The van der Waals surface area contributed by atoms with E-state index in [0.717, 1.165) is 56.9 Å². The normalized spacial score (nSPS) is 43.2. The van der Waals surface area contributed by atoms with E-state index >= 15 is 0 Å². The van der Waals surface area contributed by atoms with Crippen LogP contribution in [-0.4, -0.2) is 47.1 Å². The number of aliphatic carboxylic acids is 1. The Labute approximate surface area is 268 Å². The van der Waals surface area contributed by atoms with E-state index in [-0.39, 0.29) is 63.6 Å². The number of benzene rings is 1. The number of phenols is 1. The first-order chi connectivity index (χ1) is 21.1. The van der Waals surface area contributed by atoms with Crippen molar-refractivity contribution in [3.8, 4) is 11.5 Å². The lowest BCUT2D eigenvalue weighted by atomic mass is 9.32. The number of hydrogen-bond donors (Lipinski definition) is 3.